The zero-order valence-corrected chi connectivity index (χ0v) is 8.58. The molecule has 0 aliphatic heterocycles. The smallest absolute Gasteiger partial charge is 0.304 e. The maximum absolute atomic E-state index is 11.1. The van der Waals surface area contributed by atoms with E-state index in [2.05, 4.69) is 0 Å². The molecule has 1 amide bonds. The van der Waals surface area contributed by atoms with Crippen molar-refractivity contribution in [2.75, 3.05) is 18.1 Å². The number of nitrogens with zero attached hydrogens (tertiary/aromatic N) is 1. The first kappa shape index (κ1) is 13.4. The predicted octanol–water partition coefficient (Wildman–Crippen LogP) is -1.48. The molecule has 0 atom stereocenters. The number of carboxylic acid groups (broad SMARTS) is 1. The summed E-state index contributed by atoms with van der Waals surface area (Å²) in [5.74, 6) is -3.41. The van der Waals surface area contributed by atoms with E-state index < -0.39 is 39.6 Å². The average molecular weight is 234 g/mol. The lowest BCUT2D eigenvalue weighted by atomic mass is 10.5. The SMILES string of the molecule is N#CCNC(=O)CS(=O)(=O)CCC(=O)O. The first-order valence-corrected chi connectivity index (χ1v) is 5.75. The minimum atomic E-state index is -3.71. The molecule has 0 aromatic heterocycles. The Hall–Kier alpha value is -1.62. The van der Waals surface area contributed by atoms with Crippen LogP contribution in [0.15, 0.2) is 0 Å². The molecule has 2 N–H and O–H groups in total. The van der Waals surface area contributed by atoms with Gasteiger partial charge in [0.15, 0.2) is 9.84 Å². The molecule has 0 saturated carbocycles. The molecule has 0 fully saturated rings. The van der Waals surface area contributed by atoms with Crippen molar-refractivity contribution < 1.29 is 23.1 Å². The Labute approximate surface area is 86.6 Å². The third-order valence-electron chi connectivity index (χ3n) is 1.34. The van der Waals surface area contributed by atoms with Gasteiger partial charge in [0.2, 0.25) is 5.91 Å². The second-order valence-corrected chi connectivity index (χ2v) is 4.85. The third-order valence-corrected chi connectivity index (χ3v) is 2.87. The molecule has 0 radical (unpaired) electrons. The minimum Gasteiger partial charge on any atom is -0.481 e. The highest BCUT2D eigenvalue weighted by atomic mass is 32.2. The second kappa shape index (κ2) is 5.98. The normalized spacial score (nSPS) is 10.3. The molecule has 0 spiro atoms. The number of rotatable bonds is 6. The van der Waals surface area contributed by atoms with Gasteiger partial charge in [0.05, 0.1) is 18.2 Å². The molecule has 0 unspecified atom stereocenters. The van der Waals surface area contributed by atoms with Crippen LogP contribution in [-0.2, 0) is 19.4 Å². The van der Waals surface area contributed by atoms with Gasteiger partial charge >= 0.3 is 5.97 Å². The van der Waals surface area contributed by atoms with Crippen molar-refractivity contribution in [3.63, 3.8) is 0 Å². The summed E-state index contributed by atoms with van der Waals surface area (Å²) in [5, 5.41) is 18.4. The third kappa shape index (κ3) is 7.45. The van der Waals surface area contributed by atoms with Crippen LogP contribution in [0.25, 0.3) is 0 Å². The summed E-state index contributed by atoms with van der Waals surface area (Å²) in [4.78, 5) is 21.0. The lowest BCUT2D eigenvalue weighted by Crippen LogP contribution is -2.31. The van der Waals surface area contributed by atoms with Crippen LogP contribution in [0, 0.1) is 11.3 Å². The van der Waals surface area contributed by atoms with Crippen LogP contribution in [-0.4, -0.2) is 43.5 Å². The van der Waals surface area contributed by atoms with E-state index in [4.69, 9.17) is 10.4 Å². The Bertz CT molecular complexity index is 381. The molecule has 84 valence electrons. The Morgan fingerprint density at radius 1 is 1.40 bits per heavy atom. The summed E-state index contributed by atoms with van der Waals surface area (Å²) in [6, 6.07) is 1.61. The van der Waals surface area contributed by atoms with Gasteiger partial charge in [0, 0.05) is 0 Å². The number of amides is 1. The summed E-state index contributed by atoms with van der Waals surface area (Å²) in [5.41, 5.74) is 0. The monoisotopic (exact) mass is 234 g/mol. The summed E-state index contributed by atoms with van der Waals surface area (Å²) in [6.45, 7) is -0.271. The van der Waals surface area contributed by atoms with Crippen molar-refractivity contribution in [2.24, 2.45) is 0 Å². The number of carbonyl (C=O) groups is 2. The molecule has 0 aliphatic rings. The van der Waals surface area contributed by atoms with Crippen LogP contribution >= 0.6 is 0 Å². The van der Waals surface area contributed by atoms with Crippen molar-refractivity contribution >= 4 is 21.7 Å². The minimum absolute atomic E-state index is 0.271. The van der Waals surface area contributed by atoms with Crippen molar-refractivity contribution in [3.05, 3.63) is 0 Å². The molecule has 8 heteroatoms. The topological polar surface area (TPSA) is 124 Å². The fourth-order valence-corrected chi connectivity index (χ4v) is 1.84. The number of nitrogens with one attached hydrogen (secondary N) is 1. The second-order valence-electron chi connectivity index (χ2n) is 2.67. The van der Waals surface area contributed by atoms with Crippen LogP contribution in [0.1, 0.15) is 6.42 Å². The predicted molar refractivity (Wildman–Crippen MR) is 49.5 cm³/mol. The molecule has 0 bridgehead atoms. The summed E-state index contributed by atoms with van der Waals surface area (Å²) in [7, 11) is -3.71. The number of nitriles is 1. The molecule has 0 aromatic carbocycles. The van der Waals surface area contributed by atoms with Gasteiger partial charge in [-0.05, 0) is 0 Å². The van der Waals surface area contributed by atoms with Gasteiger partial charge in [0.1, 0.15) is 12.3 Å². The van der Waals surface area contributed by atoms with E-state index in [1.54, 1.807) is 6.07 Å². The first-order chi connectivity index (χ1) is 6.87. The van der Waals surface area contributed by atoms with Crippen LogP contribution in [0.5, 0.6) is 0 Å². The number of sulfone groups is 1. The Kier molecular flexibility index (Phi) is 5.33. The standard InChI is InChI=1S/C7H10N2O5S/c8-2-3-9-6(10)5-15(13,14)4-1-7(11)12/h1,3-5H2,(H,9,10)(H,11,12). The number of aliphatic carboxylic acids is 1. The van der Waals surface area contributed by atoms with E-state index in [0.29, 0.717) is 0 Å². The van der Waals surface area contributed by atoms with E-state index >= 15 is 0 Å². The van der Waals surface area contributed by atoms with Gasteiger partial charge in [-0.25, -0.2) is 8.42 Å². The molecule has 7 nitrogen and oxygen atoms in total. The quantitative estimate of drug-likeness (QED) is 0.540. The van der Waals surface area contributed by atoms with Crippen LogP contribution in [0.4, 0.5) is 0 Å². The molecule has 15 heavy (non-hydrogen) atoms. The average Bonchev–Trinajstić information content (AvgIpc) is 2.11. The lowest BCUT2D eigenvalue weighted by molar-refractivity contribution is -0.136. The van der Waals surface area contributed by atoms with Gasteiger partial charge in [-0.15, -0.1) is 0 Å². The van der Waals surface area contributed by atoms with E-state index in [0.717, 1.165) is 0 Å². The molecular weight excluding hydrogens is 224 g/mol. The summed E-state index contributed by atoms with van der Waals surface area (Å²) < 4.78 is 22.2. The molecule has 0 aromatic rings. The van der Waals surface area contributed by atoms with Crippen LogP contribution < -0.4 is 5.32 Å². The van der Waals surface area contributed by atoms with E-state index in [1.165, 1.54) is 0 Å². The zero-order chi connectivity index (χ0) is 11.9. The van der Waals surface area contributed by atoms with Crippen LogP contribution in [0.2, 0.25) is 0 Å². The van der Waals surface area contributed by atoms with Crippen LogP contribution in [0.3, 0.4) is 0 Å². The Balaban J connectivity index is 4.09. The van der Waals surface area contributed by atoms with E-state index in [9.17, 15) is 18.0 Å². The summed E-state index contributed by atoms with van der Waals surface area (Å²) >= 11 is 0. The Morgan fingerprint density at radius 2 is 2.00 bits per heavy atom. The molecular formula is C7H10N2O5S. The zero-order valence-electron chi connectivity index (χ0n) is 7.76. The Morgan fingerprint density at radius 3 is 2.47 bits per heavy atom. The number of carboxylic acids is 1. The maximum atomic E-state index is 11.1. The summed E-state index contributed by atoms with van der Waals surface area (Å²) in [6.07, 6.45) is -0.534. The molecule has 0 rings (SSSR count). The lowest BCUT2D eigenvalue weighted by Gasteiger charge is -2.01. The van der Waals surface area contributed by atoms with E-state index in [1.807, 2.05) is 5.32 Å². The van der Waals surface area contributed by atoms with Crippen molar-refractivity contribution in [1.29, 1.82) is 5.26 Å². The number of hydrogen-bond acceptors (Lipinski definition) is 5. The van der Waals surface area contributed by atoms with Gasteiger partial charge in [0.25, 0.3) is 0 Å². The van der Waals surface area contributed by atoms with Crippen molar-refractivity contribution in [2.45, 2.75) is 6.42 Å². The van der Waals surface area contributed by atoms with E-state index in [-0.39, 0.29) is 6.54 Å². The highest BCUT2D eigenvalue weighted by Crippen LogP contribution is 1.94. The van der Waals surface area contributed by atoms with Gasteiger partial charge in [-0.2, -0.15) is 5.26 Å². The van der Waals surface area contributed by atoms with Crippen molar-refractivity contribution in [3.8, 4) is 6.07 Å². The highest BCUT2D eigenvalue weighted by Gasteiger charge is 2.17. The maximum Gasteiger partial charge on any atom is 0.304 e. The fourth-order valence-electron chi connectivity index (χ4n) is 0.704. The molecule has 0 heterocycles. The van der Waals surface area contributed by atoms with Crippen molar-refractivity contribution in [1.82, 2.24) is 5.32 Å². The molecule has 0 aliphatic carbocycles. The highest BCUT2D eigenvalue weighted by molar-refractivity contribution is 7.92. The largest absolute Gasteiger partial charge is 0.481 e. The first-order valence-electron chi connectivity index (χ1n) is 3.93. The molecule has 0 saturated heterocycles. The fraction of sp³-hybridized carbons (Fsp3) is 0.571. The van der Waals surface area contributed by atoms with Gasteiger partial charge in [-0.1, -0.05) is 0 Å². The van der Waals surface area contributed by atoms with Gasteiger partial charge < -0.3 is 10.4 Å². The number of carbonyl (C=O) groups excluding carboxylic acids is 1. The number of hydrogen-bond donors (Lipinski definition) is 2. The van der Waals surface area contributed by atoms with Gasteiger partial charge in [-0.3, -0.25) is 9.59 Å².